The van der Waals surface area contributed by atoms with Gasteiger partial charge in [-0.15, -0.1) is 0 Å². The summed E-state index contributed by atoms with van der Waals surface area (Å²) in [5.74, 6) is 0.798. The van der Waals surface area contributed by atoms with E-state index in [4.69, 9.17) is 16.3 Å². The van der Waals surface area contributed by atoms with Crippen LogP contribution in [0.25, 0.3) is 0 Å². The molecule has 0 aromatic heterocycles. The highest BCUT2D eigenvalue weighted by Gasteiger charge is 2.25. The fourth-order valence-electron chi connectivity index (χ4n) is 3.90. The summed E-state index contributed by atoms with van der Waals surface area (Å²) < 4.78 is 19.6. The molecule has 0 radical (unpaired) electrons. The third kappa shape index (κ3) is 6.19. The summed E-state index contributed by atoms with van der Waals surface area (Å²) in [7, 11) is 0. The lowest BCUT2D eigenvalue weighted by molar-refractivity contribution is -0.126. The van der Waals surface area contributed by atoms with E-state index in [9.17, 15) is 9.18 Å². The van der Waals surface area contributed by atoms with Crippen LogP contribution in [0.15, 0.2) is 42.5 Å². The van der Waals surface area contributed by atoms with Crippen molar-refractivity contribution >= 4 is 17.5 Å². The Hall–Kier alpha value is -2.11. The number of carbonyl (C=O) groups is 1. The van der Waals surface area contributed by atoms with E-state index in [1.165, 1.54) is 11.6 Å². The maximum absolute atomic E-state index is 14.0. The van der Waals surface area contributed by atoms with Gasteiger partial charge in [-0.2, -0.15) is 0 Å². The zero-order chi connectivity index (χ0) is 21.3. The SMILES string of the molecule is CCOc1ccccc1CCCNC(=O)C1CCN(Cc2c(F)cccc2Cl)CC1. The second kappa shape index (κ2) is 11.3. The van der Waals surface area contributed by atoms with E-state index < -0.39 is 0 Å². The molecule has 30 heavy (non-hydrogen) atoms. The molecule has 1 N–H and O–H groups in total. The van der Waals surface area contributed by atoms with Crippen molar-refractivity contribution in [1.29, 1.82) is 0 Å². The molecule has 0 unspecified atom stereocenters. The van der Waals surface area contributed by atoms with Crippen LogP contribution in [-0.2, 0) is 17.8 Å². The lowest BCUT2D eigenvalue weighted by Gasteiger charge is -2.31. The third-order valence-electron chi connectivity index (χ3n) is 5.60. The summed E-state index contributed by atoms with van der Waals surface area (Å²) in [6.07, 6.45) is 3.31. The van der Waals surface area contributed by atoms with Crippen LogP contribution in [0, 0.1) is 11.7 Å². The molecule has 3 rings (SSSR count). The number of likely N-dealkylation sites (tertiary alicyclic amines) is 1. The number of aryl methyl sites for hydroxylation is 1. The van der Waals surface area contributed by atoms with Crippen LogP contribution in [0.1, 0.15) is 37.3 Å². The summed E-state index contributed by atoms with van der Waals surface area (Å²) in [5.41, 5.74) is 1.71. The summed E-state index contributed by atoms with van der Waals surface area (Å²) in [6, 6.07) is 12.8. The number of rotatable bonds is 9. The lowest BCUT2D eigenvalue weighted by atomic mass is 9.95. The first kappa shape index (κ1) is 22.6. The van der Waals surface area contributed by atoms with Crippen molar-refractivity contribution in [3.8, 4) is 5.75 Å². The van der Waals surface area contributed by atoms with E-state index in [1.54, 1.807) is 12.1 Å². The lowest BCUT2D eigenvalue weighted by Crippen LogP contribution is -2.40. The van der Waals surface area contributed by atoms with Gasteiger partial charge in [-0.1, -0.05) is 35.9 Å². The molecule has 2 aromatic rings. The number of para-hydroxylation sites is 1. The second-order valence-electron chi connectivity index (χ2n) is 7.69. The molecule has 6 heteroatoms. The van der Waals surface area contributed by atoms with Gasteiger partial charge in [0.1, 0.15) is 11.6 Å². The predicted octanol–water partition coefficient (Wildman–Crippen LogP) is 4.84. The van der Waals surface area contributed by atoms with Gasteiger partial charge in [0, 0.05) is 29.6 Å². The molecule has 1 saturated heterocycles. The molecule has 1 amide bonds. The number of nitrogens with zero attached hydrogens (tertiary/aromatic N) is 1. The third-order valence-corrected chi connectivity index (χ3v) is 5.95. The Kier molecular flexibility index (Phi) is 8.52. The van der Waals surface area contributed by atoms with E-state index in [0.29, 0.717) is 30.3 Å². The Balaban J connectivity index is 1.38. The Morgan fingerprint density at radius 1 is 1.20 bits per heavy atom. The molecule has 1 aliphatic rings. The van der Waals surface area contributed by atoms with Gasteiger partial charge in [0.2, 0.25) is 5.91 Å². The molecule has 2 aromatic carbocycles. The number of benzene rings is 2. The fourth-order valence-corrected chi connectivity index (χ4v) is 4.12. The second-order valence-corrected chi connectivity index (χ2v) is 8.09. The van der Waals surface area contributed by atoms with E-state index in [1.807, 2.05) is 25.1 Å². The normalized spacial score (nSPS) is 15.2. The average Bonchev–Trinajstić information content (AvgIpc) is 2.75. The highest BCUT2D eigenvalue weighted by Crippen LogP contribution is 2.24. The number of halogens is 2. The van der Waals surface area contributed by atoms with Gasteiger partial charge in [-0.05, 0) is 69.5 Å². The fraction of sp³-hybridized carbons (Fsp3) is 0.458. The molecule has 0 spiro atoms. The van der Waals surface area contributed by atoms with E-state index >= 15 is 0 Å². The van der Waals surface area contributed by atoms with E-state index in [2.05, 4.69) is 16.3 Å². The summed E-state index contributed by atoms with van der Waals surface area (Å²) in [6.45, 7) is 5.31. The maximum atomic E-state index is 14.0. The topological polar surface area (TPSA) is 41.6 Å². The quantitative estimate of drug-likeness (QED) is 0.576. The standard InChI is InChI=1S/C24H30ClFN2O2/c1-2-30-23-11-4-3-7-18(23)8-6-14-27-24(29)19-12-15-28(16-13-19)17-20-21(25)9-5-10-22(20)26/h3-5,7,9-11,19H,2,6,8,12-17H2,1H3,(H,27,29). The Bertz CT molecular complexity index is 817. The maximum Gasteiger partial charge on any atom is 0.223 e. The van der Waals surface area contributed by atoms with Crippen LogP contribution in [0.2, 0.25) is 5.02 Å². The number of piperidine rings is 1. The van der Waals surface area contributed by atoms with Crippen LogP contribution in [0.4, 0.5) is 4.39 Å². The molecular formula is C24H30ClFN2O2. The van der Waals surface area contributed by atoms with Crippen molar-refractivity contribution in [2.45, 2.75) is 39.2 Å². The Morgan fingerprint density at radius 3 is 2.70 bits per heavy atom. The summed E-state index contributed by atoms with van der Waals surface area (Å²) in [5, 5.41) is 3.54. The molecule has 1 heterocycles. The summed E-state index contributed by atoms with van der Waals surface area (Å²) >= 11 is 6.13. The highest BCUT2D eigenvalue weighted by atomic mass is 35.5. The first-order valence-electron chi connectivity index (χ1n) is 10.7. The van der Waals surface area contributed by atoms with Gasteiger partial charge in [-0.3, -0.25) is 9.69 Å². The number of hydrogen-bond acceptors (Lipinski definition) is 3. The minimum absolute atomic E-state index is 0.0213. The van der Waals surface area contributed by atoms with E-state index in [0.717, 1.165) is 44.5 Å². The molecular weight excluding hydrogens is 403 g/mol. The first-order valence-corrected chi connectivity index (χ1v) is 11.1. The van der Waals surface area contributed by atoms with Crippen molar-refractivity contribution in [3.05, 3.63) is 64.4 Å². The molecule has 0 atom stereocenters. The largest absolute Gasteiger partial charge is 0.494 e. The minimum Gasteiger partial charge on any atom is -0.494 e. The van der Waals surface area contributed by atoms with Gasteiger partial charge in [-0.25, -0.2) is 4.39 Å². The van der Waals surface area contributed by atoms with Crippen molar-refractivity contribution in [3.63, 3.8) is 0 Å². The molecule has 0 saturated carbocycles. The van der Waals surface area contributed by atoms with Gasteiger partial charge in [0.25, 0.3) is 0 Å². The van der Waals surface area contributed by atoms with Crippen LogP contribution in [0.5, 0.6) is 5.75 Å². The van der Waals surface area contributed by atoms with Gasteiger partial charge >= 0.3 is 0 Å². The minimum atomic E-state index is -0.270. The van der Waals surface area contributed by atoms with Crippen LogP contribution in [-0.4, -0.2) is 37.0 Å². The monoisotopic (exact) mass is 432 g/mol. The molecule has 162 valence electrons. The van der Waals surface area contributed by atoms with Crippen molar-refractivity contribution in [2.24, 2.45) is 5.92 Å². The smallest absolute Gasteiger partial charge is 0.223 e. The Labute approximate surface area is 183 Å². The predicted molar refractivity (Wildman–Crippen MR) is 118 cm³/mol. The molecule has 1 aliphatic heterocycles. The average molecular weight is 433 g/mol. The molecule has 4 nitrogen and oxygen atoms in total. The van der Waals surface area contributed by atoms with Gasteiger partial charge in [0.05, 0.1) is 6.61 Å². The first-order chi connectivity index (χ1) is 14.6. The highest BCUT2D eigenvalue weighted by molar-refractivity contribution is 6.31. The zero-order valence-corrected chi connectivity index (χ0v) is 18.3. The van der Waals surface area contributed by atoms with Gasteiger partial charge < -0.3 is 10.1 Å². The van der Waals surface area contributed by atoms with Crippen LogP contribution >= 0.6 is 11.6 Å². The zero-order valence-electron chi connectivity index (χ0n) is 17.5. The van der Waals surface area contributed by atoms with Crippen molar-refractivity contribution in [2.75, 3.05) is 26.2 Å². The number of carbonyl (C=O) groups excluding carboxylic acids is 1. The van der Waals surface area contributed by atoms with Crippen molar-refractivity contribution < 1.29 is 13.9 Å². The summed E-state index contributed by atoms with van der Waals surface area (Å²) in [4.78, 5) is 14.7. The number of amides is 1. The van der Waals surface area contributed by atoms with Gasteiger partial charge in [0.15, 0.2) is 0 Å². The molecule has 1 fully saturated rings. The molecule has 0 bridgehead atoms. The number of hydrogen-bond donors (Lipinski definition) is 1. The number of ether oxygens (including phenoxy) is 1. The Morgan fingerprint density at radius 2 is 1.97 bits per heavy atom. The van der Waals surface area contributed by atoms with E-state index in [-0.39, 0.29) is 17.6 Å². The van der Waals surface area contributed by atoms with Crippen LogP contribution in [0.3, 0.4) is 0 Å². The number of nitrogens with one attached hydrogen (secondary N) is 1. The molecule has 0 aliphatic carbocycles. The van der Waals surface area contributed by atoms with Crippen molar-refractivity contribution in [1.82, 2.24) is 10.2 Å². The van der Waals surface area contributed by atoms with Crippen LogP contribution < -0.4 is 10.1 Å².